The van der Waals surface area contributed by atoms with Gasteiger partial charge in [-0.3, -0.25) is 4.90 Å². The standard InChI is InChI=1S/C21H25NO3/c1-3-12-22-13-14-24-18(16-22)15-17-8-4-5-9-19(17)25-21-11-7-6-10-20(21)23-2/h3-11,18H,1,12-16H2,2H3. The summed E-state index contributed by atoms with van der Waals surface area (Å²) < 4.78 is 17.5. The topological polar surface area (TPSA) is 30.9 Å². The number of hydrogen-bond acceptors (Lipinski definition) is 4. The van der Waals surface area contributed by atoms with Crippen LogP contribution in [0.5, 0.6) is 17.2 Å². The quantitative estimate of drug-likeness (QED) is 0.716. The third-order valence-electron chi connectivity index (χ3n) is 4.32. The lowest BCUT2D eigenvalue weighted by molar-refractivity contribution is -0.0238. The Kier molecular flexibility index (Phi) is 6.09. The number of rotatable bonds is 7. The van der Waals surface area contributed by atoms with Gasteiger partial charge in [-0.2, -0.15) is 0 Å². The highest BCUT2D eigenvalue weighted by molar-refractivity contribution is 5.45. The molecule has 1 atom stereocenters. The van der Waals surface area contributed by atoms with Gasteiger partial charge in [0.25, 0.3) is 0 Å². The molecular weight excluding hydrogens is 314 g/mol. The minimum absolute atomic E-state index is 0.163. The second-order valence-electron chi connectivity index (χ2n) is 6.11. The summed E-state index contributed by atoms with van der Waals surface area (Å²) in [5.41, 5.74) is 1.14. The molecule has 2 aromatic carbocycles. The molecule has 1 aliphatic rings. The molecule has 1 heterocycles. The van der Waals surface area contributed by atoms with Crippen LogP contribution < -0.4 is 9.47 Å². The Morgan fingerprint density at radius 1 is 1.12 bits per heavy atom. The maximum atomic E-state index is 6.14. The fraction of sp³-hybridized carbons (Fsp3) is 0.333. The molecule has 0 bridgehead atoms. The van der Waals surface area contributed by atoms with Crippen LogP contribution in [0.25, 0.3) is 0 Å². The molecule has 1 aliphatic heterocycles. The monoisotopic (exact) mass is 339 g/mol. The van der Waals surface area contributed by atoms with Crippen LogP contribution in [-0.2, 0) is 11.2 Å². The van der Waals surface area contributed by atoms with Crippen molar-refractivity contribution in [3.63, 3.8) is 0 Å². The largest absolute Gasteiger partial charge is 0.493 e. The predicted molar refractivity (Wildman–Crippen MR) is 99.6 cm³/mol. The molecule has 0 saturated carbocycles. The molecular formula is C21H25NO3. The first-order valence-corrected chi connectivity index (χ1v) is 8.63. The van der Waals surface area contributed by atoms with E-state index in [1.165, 1.54) is 0 Å². The molecule has 3 rings (SSSR count). The Hall–Kier alpha value is -2.30. The molecule has 1 fully saturated rings. The van der Waals surface area contributed by atoms with Gasteiger partial charge in [0, 0.05) is 26.1 Å². The van der Waals surface area contributed by atoms with Crippen molar-refractivity contribution in [2.75, 3.05) is 33.4 Å². The van der Waals surface area contributed by atoms with E-state index in [0.29, 0.717) is 0 Å². The van der Waals surface area contributed by atoms with Crippen LogP contribution in [-0.4, -0.2) is 44.4 Å². The zero-order valence-corrected chi connectivity index (χ0v) is 14.7. The van der Waals surface area contributed by atoms with Crippen molar-refractivity contribution in [3.05, 3.63) is 66.7 Å². The highest BCUT2D eigenvalue weighted by Gasteiger charge is 2.21. The van der Waals surface area contributed by atoms with E-state index in [1.807, 2.05) is 48.5 Å². The molecule has 0 N–H and O–H groups in total. The molecule has 2 aromatic rings. The Balaban J connectivity index is 1.73. The third kappa shape index (κ3) is 4.62. The summed E-state index contributed by atoms with van der Waals surface area (Å²) in [6.07, 6.45) is 2.93. The van der Waals surface area contributed by atoms with Crippen molar-refractivity contribution in [1.82, 2.24) is 4.90 Å². The Labute approximate surface area is 149 Å². The van der Waals surface area contributed by atoms with Crippen LogP contribution >= 0.6 is 0 Å². The van der Waals surface area contributed by atoms with Crippen molar-refractivity contribution in [2.24, 2.45) is 0 Å². The second-order valence-corrected chi connectivity index (χ2v) is 6.11. The molecule has 0 aliphatic carbocycles. The number of hydrogen-bond donors (Lipinski definition) is 0. The molecule has 4 heteroatoms. The molecule has 0 spiro atoms. The van der Waals surface area contributed by atoms with Crippen molar-refractivity contribution in [2.45, 2.75) is 12.5 Å². The minimum atomic E-state index is 0.163. The molecule has 0 radical (unpaired) electrons. The van der Waals surface area contributed by atoms with Gasteiger partial charge in [0.05, 0.1) is 19.8 Å². The lowest BCUT2D eigenvalue weighted by atomic mass is 10.1. The molecule has 4 nitrogen and oxygen atoms in total. The van der Waals surface area contributed by atoms with E-state index in [0.717, 1.165) is 55.5 Å². The van der Waals surface area contributed by atoms with E-state index in [9.17, 15) is 0 Å². The van der Waals surface area contributed by atoms with E-state index in [1.54, 1.807) is 7.11 Å². The number of nitrogens with zero attached hydrogens (tertiary/aromatic N) is 1. The Morgan fingerprint density at radius 2 is 1.84 bits per heavy atom. The summed E-state index contributed by atoms with van der Waals surface area (Å²) in [4.78, 5) is 2.37. The van der Waals surface area contributed by atoms with Crippen LogP contribution in [0, 0.1) is 0 Å². The van der Waals surface area contributed by atoms with Crippen LogP contribution in [0.2, 0.25) is 0 Å². The molecule has 0 aromatic heterocycles. The second kappa shape index (κ2) is 8.70. The van der Waals surface area contributed by atoms with Crippen molar-refractivity contribution in [3.8, 4) is 17.2 Å². The van der Waals surface area contributed by atoms with Crippen molar-refractivity contribution in [1.29, 1.82) is 0 Å². The Bertz CT molecular complexity index is 701. The average Bonchev–Trinajstić information content (AvgIpc) is 2.64. The van der Waals surface area contributed by atoms with Crippen LogP contribution in [0.15, 0.2) is 61.2 Å². The maximum Gasteiger partial charge on any atom is 0.169 e. The van der Waals surface area contributed by atoms with Gasteiger partial charge in [0.2, 0.25) is 0 Å². The summed E-state index contributed by atoms with van der Waals surface area (Å²) >= 11 is 0. The molecule has 1 unspecified atom stereocenters. The summed E-state index contributed by atoms with van der Waals surface area (Å²) in [6.45, 7) is 7.36. The third-order valence-corrected chi connectivity index (χ3v) is 4.32. The number of para-hydroxylation sites is 3. The first-order chi connectivity index (χ1) is 12.3. The number of benzene rings is 2. The maximum absolute atomic E-state index is 6.14. The first kappa shape index (κ1) is 17.5. The van der Waals surface area contributed by atoms with Gasteiger partial charge in [-0.25, -0.2) is 0 Å². The van der Waals surface area contributed by atoms with E-state index < -0.39 is 0 Å². The first-order valence-electron chi connectivity index (χ1n) is 8.63. The lowest BCUT2D eigenvalue weighted by Crippen LogP contribution is -2.43. The molecule has 132 valence electrons. The highest BCUT2D eigenvalue weighted by atomic mass is 16.5. The smallest absolute Gasteiger partial charge is 0.169 e. The molecule has 25 heavy (non-hydrogen) atoms. The van der Waals surface area contributed by atoms with Crippen molar-refractivity contribution >= 4 is 0 Å². The van der Waals surface area contributed by atoms with Gasteiger partial charge in [-0.05, 0) is 23.8 Å². The number of methoxy groups -OCH3 is 1. The zero-order chi connectivity index (χ0) is 17.5. The van der Waals surface area contributed by atoms with Gasteiger partial charge in [-0.15, -0.1) is 6.58 Å². The van der Waals surface area contributed by atoms with E-state index >= 15 is 0 Å². The van der Waals surface area contributed by atoms with Crippen molar-refractivity contribution < 1.29 is 14.2 Å². The zero-order valence-electron chi connectivity index (χ0n) is 14.7. The van der Waals surface area contributed by atoms with Gasteiger partial charge < -0.3 is 14.2 Å². The summed E-state index contributed by atoms with van der Waals surface area (Å²) in [5.74, 6) is 2.29. The highest BCUT2D eigenvalue weighted by Crippen LogP contribution is 2.33. The fourth-order valence-corrected chi connectivity index (χ4v) is 3.09. The number of ether oxygens (including phenoxy) is 3. The van der Waals surface area contributed by atoms with Gasteiger partial charge in [0.15, 0.2) is 11.5 Å². The van der Waals surface area contributed by atoms with Gasteiger partial charge in [0.1, 0.15) is 5.75 Å². The summed E-state index contributed by atoms with van der Waals surface area (Å²) in [5, 5.41) is 0. The summed E-state index contributed by atoms with van der Waals surface area (Å²) in [6, 6.07) is 15.8. The van der Waals surface area contributed by atoms with Gasteiger partial charge >= 0.3 is 0 Å². The Morgan fingerprint density at radius 3 is 2.60 bits per heavy atom. The van der Waals surface area contributed by atoms with Crippen LogP contribution in [0.4, 0.5) is 0 Å². The van der Waals surface area contributed by atoms with E-state index in [4.69, 9.17) is 14.2 Å². The minimum Gasteiger partial charge on any atom is -0.493 e. The molecule has 1 saturated heterocycles. The summed E-state index contributed by atoms with van der Waals surface area (Å²) in [7, 11) is 1.65. The lowest BCUT2D eigenvalue weighted by Gasteiger charge is -2.32. The van der Waals surface area contributed by atoms with Crippen LogP contribution in [0.1, 0.15) is 5.56 Å². The number of morpholine rings is 1. The van der Waals surface area contributed by atoms with E-state index in [-0.39, 0.29) is 6.10 Å². The van der Waals surface area contributed by atoms with E-state index in [2.05, 4.69) is 17.5 Å². The molecule has 0 amide bonds. The SMILES string of the molecule is C=CCN1CCOC(Cc2ccccc2Oc2ccccc2OC)C1. The van der Waals surface area contributed by atoms with Crippen LogP contribution in [0.3, 0.4) is 0 Å². The fourth-order valence-electron chi connectivity index (χ4n) is 3.09. The van der Waals surface area contributed by atoms with Gasteiger partial charge in [-0.1, -0.05) is 36.4 Å². The predicted octanol–water partition coefficient (Wildman–Crippen LogP) is 3.92. The normalized spacial score (nSPS) is 17.9. The average molecular weight is 339 g/mol.